The van der Waals surface area contributed by atoms with Crippen molar-refractivity contribution in [2.45, 2.75) is 31.9 Å². The Morgan fingerprint density at radius 2 is 1.97 bits per heavy atom. The lowest BCUT2D eigenvalue weighted by Crippen LogP contribution is -2.38. The molecule has 2 heterocycles. The van der Waals surface area contributed by atoms with Gasteiger partial charge in [-0.3, -0.25) is 4.79 Å². The summed E-state index contributed by atoms with van der Waals surface area (Å²) >= 11 is 5.98. The lowest BCUT2D eigenvalue weighted by molar-refractivity contribution is -0.217. The van der Waals surface area contributed by atoms with Gasteiger partial charge in [0.15, 0.2) is 11.9 Å². The Hall–Kier alpha value is -3.64. The van der Waals surface area contributed by atoms with E-state index in [-0.39, 0.29) is 23.5 Å². The highest BCUT2D eigenvalue weighted by Crippen LogP contribution is 2.29. The fourth-order valence-corrected chi connectivity index (χ4v) is 3.58. The van der Waals surface area contributed by atoms with Crippen LogP contribution in [-0.2, 0) is 16.1 Å². The Bertz CT molecular complexity index is 1280. The number of alkyl halides is 3. The summed E-state index contributed by atoms with van der Waals surface area (Å²) in [6.45, 7) is 0.491. The molecule has 1 aliphatic rings. The van der Waals surface area contributed by atoms with Gasteiger partial charge in [-0.25, -0.2) is 13.9 Å². The van der Waals surface area contributed by atoms with E-state index in [0.29, 0.717) is 16.4 Å². The highest BCUT2D eigenvalue weighted by Gasteiger charge is 2.37. The van der Waals surface area contributed by atoms with E-state index >= 15 is 0 Å². The fraction of sp³-hybridized carbons (Fsp3) is 0.261. The minimum absolute atomic E-state index is 0.0963. The van der Waals surface area contributed by atoms with E-state index in [1.165, 1.54) is 22.9 Å². The number of anilines is 1. The first kappa shape index (κ1) is 25.5. The average Bonchev–Trinajstić information content (AvgIpc) is 3.43. The highest BCUT2D eigenvalue weighted by atomic mass is 35.5. The summed E-state index contributed by atoms with van der Waals surface area (Å²) < 4.78 is 59.2. The van der Waals surface area contributed by atoms with Gasteiger partial charge >= 0.3 is 12.2 Å². The normalized spacial score (nSPS) is 16.4. The van der Waals surface area contributed by atoms with Crippen LogP contribution in [0.5, 0.6) is 0 Å². The van der Waals surface area contributed by atoms with Gasteiger partial charge in [-0.1, -0.05) is 11.6 Å². The molecule has 8 nitrogen and oxygen atoms in total. The van der Waals surface area contributed by atoms with Gasteiger partial charge in [-0.2, -0.15) is 13.2 Å². The Kier molecular flexibility index (Phi) is 7.18. The van der Waals surface area contributed by atoms with Crippen molar-refractivity contribution in [3.8, 4) is 16.9 Å². The van der Waals surface area contributed by atoms with Crippen molar-refractivity contribution in [3.05, 3.63) is 64.9 Å². The molecule has 1 saturated heterocycles. The van der Waals surface area contributed by atoms with Crippen molar-refractivity contribution in [3.63, 3.8) is 0 Å². The van der Waals surface area contributed by atoms with Crippen LogP contribution in [0.15, 0.2) is 48.5 Å². The molecule has 1 aliphatic heterocycles. The Morgan fingerprint density at radius 1 is 1.25 bits per heavy atom. The van der Waals surface area contributed by atoms with Crippen LogP contribution in [0.3, 0.4) is 0 Å². The van der Waals surface area contributed by atoms with Crippen molar-refractivity contribution in [1.29, 1.82) is 0 Å². The summed E-state index contributed by atoms with van der Waals surface area (Å²) in [4.78, 5) is 23.9. The number of hydrogen-bond acceptors (Lipinski definition) is 4. The van der Waals surface area contributed by atoms with Gasteiger partial charge < -0.3 is 20.7 Å². The summed E-state index contributed by atoms with van der Waals surface area (Å²) in [5.74, 6) is -1.10. The van der Waals surface area contributed by atoms with E-state index in [1.54, 1.807) is 24.3 Å². The van der Waals surface area contributed by atoms with E-state index in [1.807, 2.05) is 0 Å². The van der Waals surface area contributed by atoms with Crippen molar-refractivity contribution >= 4 is 29.4 Å². The number of halogens is 5. The molecule has 13 heteroatoms. The number of amides is 3. The summed E-state index contributed by atoms with van der Waals surface area (Å²) in [5.41, 5.74) is 1.33. The van der Waals surface area contributed by atoms with E-state index < -0.39 is 42.7 Å². The summed E-state index contributed by atoms with van der Waals surface area (Å²) in [7, 11) is 0. The predicted molar refractivity (Wildman–Crippen MR) is 123 cm³/mol. The molecule has 0 saturated carbocycles. The Balaban J connectivity index is 1.67. The number of nitrogens with zero attached hydrogens (tertiary/aromatic N) is 2. The fourth-order valence-electron chi connectivity index (χ4n) is 3.45. The van der Waals surface area contributed by atoms with Crippen LogP contribution in [0.25, 0.3) is 16.9 Å². The van der Waals surface area contributed by atoms with Crippen molar-refractivity contribution in [1.82, 2.24) is 20.4 Å². The van der Waals surface area contributed by atoms with Gasteiger partial charge in [-0.15, -0.1) is 5.10 Å². The van der Waals surface area contributed by atoms with Crippen molar-refractivity contribution in [2.75, 3.05) is 11.9 Å². The molecule has 0 unspecified atom stereocenters. The van der Waals surface area contributed by atoms with Gasteiger partial charge in [0.2, 0.25) is 5.91 Å². The first-order valence-electron chi connectivity index (χ1n) is 10.7. The number of nitrogens with one attached hydrogen (secondary N) is 3. The van der Waals surface area contributed by atoms with Gasteiger partial charge in [0.1, 0.15) is 11.9 Å². The topological polar surface area (TPSA) is 97.3 Å². The summed E-state index contributed by atoms with van der Waals surface area (Å²) in [6, 6.07) is 10.5. The number of carbonyl (C=O) groups excluding carboxylic acids is 2. The van der Waals surface area contributed by atoms with Crippen molar-refractivity contribution in [2.24, 2.45) is 0 Å². The van der Waals surface area contributed by atoms with Crippen LogP contribution in [0.4, 0.5) is 28.2 Å². The first-order chi connectivity index (χ1) is 17.0. The van der Waals surface area contributed by atoms with Crippen LogP contribution >= 0.6 is 11.6 Å². The number of aromatic nitrogens is 2. The smallest absolute Gasteiger partial charge is 0.364 e. The molecule has 3 amide bonds. The van der Waals surface area contributed by atoms with Crippen LogP contribution in [-0.4, -0.2) is 46.6 Å². The van der Waals surface area contributed by atoms with E-state index in [0.717, 1.165) is 13.0 Å². The molecule has 2 aromatic carbocycles. The largest absolute Gasteiger partial charge is 0.414 e. The zero-order chi connectivity index (χ0) is 26.0. The van der Waals surface area contributed by atoms with Crippen LogP contribution in [0.1, 0.15) is 12.5 Å². The molecule has 0 radical (unpaired) electrons. The third kappa shape index (κ3) is 5.94. The molecule has 36 heavy (non-hydrogen) atoms. The molecule has 2 atom stereocenters. The SMILES string of the molecule is C[C@@H](OCc1cc(F)cc(-c2cc(NC(=O)[C@H]3CNC(=O)N3)nn2-c2ccc(Cl)cc2)c1)C(F)(F)F. The molecule has 0 bridgehead atoms. The second-order valence-electron chi connectivity index (χ2n) is 8.04. The molecular weight excluding hydrogens is 506 g/mol. The molecule has 0 aliphatic carbocycles. The lowest BCUT2D eigenvalue weighted by atomic mass is 10.1. The van der Waals surface area contributed by atoms with Gasteiger partial charge in [0, 0.05) is 23.2 Å². The zero-order valence-corrected chi connectivity index (χ0v) is 19.5. The predicted octanol–water partition coefficient (Wildman–Crippen LogP) is 4.42. The molecule has 190 valence electrons. The molecule has 3 aromatic rings. The maximum absolute atomic E-state index is 14.5. The lowest BCUT2D eigenvalue weighted by Gasteiger charge is -2.16. The van der Waals surface area contributed by atoms with Crippen LogP contribution in [0, 0.1) is 5.82 Å². The average molecular weight is 526 g/mol. The van der Waals surface area contributed by atoms with Crippen LogP contribution < -0.4 is 16.0 Å². The number of rotatable bonds is 7. The van der Waals surface area contributed by atoms with Gasteiger partial charge in [0.05, 0.1) is 18.0 Å². The zero-order valence-electron chi connectivity index (χ0n) is 18.7. The van der Waals surface area contributed by atoms with E-state index in [4.69, 9.17) is 16.3 Å². The van der Waals surface area contributed by atoms with Gasteiger partial charge in [0.25, 0.3) is 0 Å². The molecule has 3 N–H and O–H groups in total. The van der Waals surface area contributed by atoms with E-state index in [2.05, 4.69) is 21.0 Å². The highest BCUT2D eigenvalue weighted by molar-refractivity contribution is 6.30. The maximum atomic E-state index is 14.5. The Morgan fingerprint density at radius 3 is 2.61 bits per heavy atom. The van der Waals surface area contributed by atoms with Crippen LogP contribution in [0.2, 0.25) is 5.02 Å². The minimum atomic E-state index is -4.55. The van der Waals surface area contributed by atoms with Crippen molar-refractivity contribution < 1.29 is 31.9 Å². The van der Waals surface area contributed by atoms with E-state index in [9.17, 15) is 27.2 Å². The molecule has 4 rings (SSSR count). The third-order valence-corrected chi connectivity index (χ3v) is 5.59. The number of urea groups is 1. The maximum Gasteiger partial charge on any atom is 0.414 e. The summed E-state index contributed by atoms with van der Waals surface area (Å²) in [6.07, 6.45) is -6.58. The molecular formula is C23H20ClF4N5O3. The molecule has 1 fully saturated rings. The monoisotopic (exact) mass is 525 g/mol. The molecule has 0 spiro atoms. The second kappa shape index (κ2) is 10.2. The number of ether oxygens (including phenoxy) is 1. The van der Waals surface area contributed by atoms with Gasteiger partial charge in [-0.05, 0) is 55.0 Å². The number of hydrogen-bond donors (Lipinski definition) is 3. The second-order valence-corrected chi connectivity index (χ2v) is 8.48. The number of benzene rings is 2. The Labute approximate surface area is 207 Å². The minimum Gasteiger partial charge on any atom is -0.364 e. The third-order valence-electron chi connectivity index (χ3n) is 5.33. The standard InChI is InChI=1S/C23H20ClF4N5O3/c1-12(23(26,27)28)36-11-13-6-14(8-16(25)7-13)19-9-20(31-21(34)18-10-29-22(35)30-18)32-33(19)17-4-2-15(24)3-5-17/h2-9,12,18H,10-11H2,1H3,(H2,29,30,35)(H,31,32,34)/t12-,18-/m1/s1. The molecule has 1 aromatic heterocycles. The quantitative estimate of drug-likeness (QED) is 0.398. The first-order valence-corrected chi connectivity index (χ1v) is 11.1. The summed E-state index contributed by atoms with van der Waals surface area (Å²) in [5, 5.41) is 12.4. The number of carbonyl (C=O) groups is 2.